The summed E-state index contributed by atoms with van der Waals surface area (Å²) in [5.74, 6) is 0. The molecule has 0 saturated carbocycles. The number of nitrogens with zero attached hydrogens (tertiary/aromatic N) is 1. The van der Waals surface area contributed by atoms with Crippen molar-refractivity contribution in [1.82, 2.24) is 0 Å². The van der Waals surface area contributed by atoms with Crippen molar-refractivity contribution in [2.24, 2.45) is 0 Å². The number of hydrogen-bond acceptors (Lipinski definition) is 1. The predicted octanol–water partition coefficient (Wildman–Crippen LogP) is 5.16. The van der Waals surface area contributed by atoms with Crippen molar-refractivity contribution in [3.63, 3.8) is 0 Å². The van der Waals surface area contributed by atoms with Gasteiger partial charge in [-0.15, -0.1) is 0 Å². The Bertz CT molecular complexity index is 549. The maximum atomic E-state index is 2.40. The van der Waals surface area contributed by atoms with Crippen LogP contribution in [0.4, 0.5) is 11.4 Å². The molecule has 0 heterocycles. The Morgan fingerprint density at radius 2 is 1.32 bits per heavy atom. The van der Waals surface area contributed by atoms with E-state index in [0.29, 0.717) is 6.04 Å². The molecule has 0 saturated heterocycles. The number of rotatable bonds is 3. The van der Waals surface area contributed by atoms with Crippen LogP contribution >= 0.6 is 0 Å². The van der Waals surface area contributed by atoms with Gasteiger partial charge in [0, 0.05) is 17.4 Å². The smallest absolute Gasteiger partial charge is 0.0418 e. The second kappa shape index (κ2) is 5.48. The van der Waals surface area contributed by atoms with E-state index < -0.39 is 0 Å². The van der Waals surface area contributed by atoms with Crippen LogP contribution in [0.5, 0.6) is 0 Å². The quantitative estimate of drug-likeness (QED) is 0.730. The third-order valence-corrected chi connectivity index (χ3v) is 3.28. The van der Waals surface area contributed by atoms with Crippen LogP contribution in [0.15, 0.2) is 42.5 Å². The molecule has 2 aromatic rings. The van der Waals surface area contributed by atoms with Gasteiger partial charge in [0.05, 0.1) is 0 Å². The van der Waals surface area contributed by atoms with Crippen LogP contribution in [0.2, 0.25) is 0 Å². The van der Waals surface area contributed by atoms with Crippen molar-refractivity contribution >= 4 is 11.4 Å². The van der Waals surface area contributed by atoms with E-state index in [4.69, 9.17) is 0 Å². The first-order chi connectivity index (χ1) is 8.97. The number of aryl methyl sites for hydroxylation is 3. The maximum absolute atomic E-state index is 2.40. The largest absolute Gasteiger partial charge is 0.339 e. The molecule has 0 aromatic heterocycles. The molecule has 19 heavy (non-hydrogen) atoms. The van der Waals surface area contributed by atoms with Crippen molar-refractivity contribution in [1.29, 1.82) is 0 Å². The first-order valence-electron chi connectivity index (χ1n) is 6.91. The van der Waals surface area contributed by atoms with E-state index in [-0.39, 0.29) is 0 Å². The molecule has 2 rings (SSSR count). The van der Waals surface area contributed by atoms with Crippen molar-refractivity contribution in [3.05, 3.63) is 59.2 Å². The van der Waals surface area contributed by atoms with Gasteiger partial charge in [-0.1, -0.05) is 18.2 Å². The summed E-state index contributed by atoms with van der Waals surface area (Å²) < 4.78 is 0. The summed E-state index contributed by atoms with van der Waals surface area (Å²) in [7, 11) is 0. The number of benzene rings is 2. The molecule has 0 aliphatic rings. The summed E-state index contributed by atoms with van der Waals surface area (Å²) in [4.78, 5) is 2.40. The lowest BCUT2D eigenvalue weighted by Gasteiger charge is -2.30. The molecule has 0 radical (unpaired) electrons. The molecule has 1 heteroatoms. The van der Waals surface area contributed by atoms with Crippen LogP contribution in [0.25, 0.3) is 0 Å². The Hall–Kier alpha value is -1.76. The molecule has 0 fully saturated rings. The molecular formula is C18H23N. The van der Waals surface area contributed by atoms with Gasteiger partial charge in [0.25, 0.3) is 0 Å². The third kappa shape index (κ3) is 3.17. The van der Waals surface area contributed by atoms with Gasteiger partial charge in [-0.3, -0.25) is 0 Å². The van der Waals surface area contributed by atoms with E-state index in [1.54, 1.807) is 0 Å². The summed E-state index contributed by atoms with van der Waals surface area (Å²) in [6, 6.07) is 15.9. The maximum Gasteiger partial charge on any atom is 0.0418 e. The molecule has 0 bridgehead atoms. The minimum atomic E-state index is 0.433. The molecule has 0 aliphatic carbocycles. The Labute approximate surface area is 116 Å². The third-order valence-electron chi connectivity index (χ3n) is 3.28. The normalized spacial score (nSPS) is 10.8. The molecular weight excluding hydrogens is 230 g/mol. The van der Waals surface area contributed by atoms with Crippen molar-refractivity contribution in [2.45, 2.75) is 40.7 Å². The molecule has 2 aromatic carbocycles. The first kappa shape index (κ1) is 13.7. The van der Waals surface area contributed by atoms with E-state index in [2.05, 4.69) is 82.0 Å². The zero-order valence-corrected chi connectivity index (χ0v) is 12.6. The molecule has 0 unspecified atom stereocenters. The fraction of sp³-hybridized carbons (Fsp3) is 0.333. The predicted molar refractivity (Wildman–Crippen MR) is 84.4 cm³/mol. The lowest BCUT2D eigenvalue weighted by Crippen LogP contribution is -2.25. The highest BCUT2D eigenvalue weighted by atomic mass is 15.2. The fourth-order valence-electron chi connectivity index (χ4n) is 2.61. The Kier molecular flexibility index (Phi) is 3.94. The lowest BCUT2D eigenvalue weighted by molar-refractivity contribution is 0.788. The zero-order chi connectivity index (χ0) is 14.0. The summed E-state index contributed by atoms with van der Waals surface area (Å²) in [6.07, 6.45) is 0. The molecule has 0 atom stereocenters. The van der Waals surface area contributed by atoms with E-state index in [1.165, 1.54) is 28.1 Å². The fourth-order valence-corrected chi connectivity index (χ4v) is 2.61. The van der Waals surface area contributed by atoms with Gasteiger partial charge in [0.1, 0.15) is 0 Å². The molecule has 1 nitrogen and oxygen atoms in total. The monoisotopic (exact) mass is 253 g/mol. The average Bonchev–Trinajstić information content (AvgIpc) is 2.27. The van der Waals surface area contributed by atoms with E-state index in [0.717, 1.165) is 0 Å². The second-order valence-corrected chi connectivity index (χ2v) is 5.65. The zero-order valence-electron chi connectivity index (χ0n) is 12.6. The molecule has 0 amide bonds. The summed E-state index contributed by atoms with van der Waals surface area (Å²) in [5.41, 5.74) is 6.47. The Morgan fingerprint density at radius 1 is 0.737 bits per heavy atom. The first-order valence-corrected chi connectivity index (χ1v) is 6.91. The molecule has 0 spiro atoms. The van der Waals surface area contributed by atoms with Gasteiger partial charge in [-0.2, -0.15) is 0 Å². The Balaban J connectivity index is 2.51. The summed E-state index contributed by atoms with van der Waals surface area (Å²) in [5, 5.41) is 0. The second-order valence-electron chi connectivity index (χ2n) is 5.65. The van der Waals surface area contributed by atoms with Crippen molar-refractivity contribution < 1.29 is 0 Å². The van der Waals surface area contributed by atoms with Gasteiger partial charge in [0.15, 0.2) is 0 Å². The summed E-state index contributed by atoms with van der Waals surface area (Å²) in [6.45, 7) is 10.9. The molecule has 0 N–H and O–H groups in total. The van der Waals surface area contributed by atoms with Crippen LogP contribution in [-0.2, 0) is 0 Å². The SMILES string of the molecule is Cc1cccc(N(c2cc(C)cc(C)c2)C(C)C)c1. The average molecular weight is 253 g/mol. The van der Waals surface area contributed by atoms with Crippen molar-refractivity contribution in [2.75, 3.05) is 4.90 Å². The highest BCUT2D eigenvalue weighted by Crippen LogP contribution is 2.30. The van der Waals surface area contributed by atoms with E-state index >= 15 is 0 Å². The van der Waals surface area contributed by atoms with Gasteiger partial charge >= 0.3 is 0 Å². The minimum absolute atomic E-state index is 0.433. The molecule has 0 aliphatic heterocycles. The van der Waals surface area contributed by atoms with Gasteiger partial charge < -0.3 is 4.90 Å². The number of hydrogen-bond donors (Lipinski definition) is 0. The van der Waals surface area contributed by atoms with E-state index in [1.807, 2.05) is 0 Å². The van der Waals surface area contributed by atoms with Crippen LogP contribution in [-0.4, -0.2) is 6.04 Å². The summed E-state index contributed by atoms with van der Waals surface area (Å²) >= 11 is 0. The minimum Gasteiger partial charge on any atom is -0.339 e. The Morgan fingerprint density at radius 3 is 1.84 bits per heavy atom. The number of anilines is 2. The van der Waals surface area contributed by atoms with Crippen LogP contribution in [0.1, 0.15) is 30.5 Å². The topological polar surface area (TPSA) is 3.24 Å². The van der Waals surface area contributed by atoms with Gasteiger partial charge in [-0.25, -0.2) is 0 Å². The standard InChI is InChI=1S/C18H23N/c1-13(2)19(17-8-6-7-14(3)10-17)18-11-15(4)9-16(5)12-18/h6-13H,1-5H3. The van der Waals surface area contributed by atoms with Crippen LogP contribution in [0.3, 0.4) is 0 Å². The van der Waals surface area contributed by atoms with Crippen molar-refractivity contribution in [3.8, 4) is 0 Å². The lowest BCUT2D eigenvalue weighted by atomic mass is 10.1. The van der Waals surface area contributed by atoms with E-state index in [9.17, 15) is 0 Å². The highest BCUT2D eigenvalue weighted by molar-refractivity contribution is 5.66. The molecule has 100 valence electrons. The van der Waals surface area contributed by atoms with Gasteiger partial charge in [-0.05, 0) is 75.6 Å². The van der Waals surface area contributed by atoms with Gasteiger partial charge in [0.2, 0.25) is 0 Å². The highest BCUT2D eigenvalue weighted by Gasteiger charge is 2.13. The van der Waals surface area contributed by atoms with Crippen LogP contribution < -0.4 is 4.90 Å². The van der Waals surface area contributed by atoms with Crippen LogP contribution in [0, 0.1) is 20.8 Å².